The first kappa shape index (κ1) is 9.89. The topological polar surface area (TPSA) is 20.2 Å². The zero-order valence-corrected chi connectivity index (χ0v) is 7.63. The number of thiophene rings is 1. The van der Waals surface area contributed by atoms with Crippen LogP contribution in [0.1, 0.15) is 12.0 Å². The van der Waals surface area contributed by atoms with Crippen LogP contribution in [0.25, 0.3) is 0 Å². The van der Waals surface area contributed by atoms with Crippen LogP contribution in [-0.2, 0) is 5.92 Å². The van der Waals surface area contributed by atoms with E-state index in [4.69, 9.17) is 16.7 Å². The summed E-state index contributed by atoms with van der Waals surface area (Å²) in [5.41, 5.74) is -0.119. The minimum Gasteiger partial charge on any atom is -0.396 e. The molecule has 5 heteroatoms. The van der Waals surface area contributed by atoms with Crippen LogP contribution in [0.3, 0.4) is 0 Å². The van der Waals surface area contributed by atoms with Gasteiger partial charge in [0.15, 0.2) is 0 Å². The SMILES string of the molecule is OCCC(F)(F)c1csc(Cl)c1. The van der Waals surface area contributed by atoms with E-state index in [0.717, 1.165) is 11.3 Å². The van der Waals surface area contributed by atoms with Gasteiger partial charge < -0.3 is 5.11 Å². The van der Waals surface area contributed by atoms with E-state index in [1.165, 1.54) is 11.4 Å². The Balaban J connectivity index is 2.81. The fourth-order valence-electron chi connectivity index (χ4n) is 0.787. The zero-order valence-electron chi connectivity index (χ0n) is 6.06. The molecule has 1 aromatic heterocycles. The average molecular weight is 213 g/mol. The van der Waals surface area contributed by atoms with Crippen molar-refractivity contribution in [2.75, 3.05) is 6.61 Å². The van der Waals surface area contributed by atoms with E-state index >= 15 is 0 Å². The smallest absolute Gasteiger partial charge is 0.276 e. The molecule has 0 saturated carbocycles. The van der Waals surface area contributed by atoms with Gasteiger partial charge in [-0.1, -0.05) is 11.6 Å². The van der Waals surface area contributed by atoms with Gasteiger partial charge in [0.05, 0.1) is 4.34 Å². The molecule has 0 aliphatic heterocycles. The molecule has 0 fully saturated rings. The highest BCUT2D eigenvalue weighted by atomic mass is 35.5. The molecule has 1 N–H and O–H groups in total. The predicted octanol–water partition coefficient (Wildman–Crippen LogP) is 2.88. The maximum absolute atomic E-state index is 13.0. The van der Waals surface area contributed by atoms with Crippen LogP contribution in [-0.4, -0.2) is 11.7 Å². The second kappa shape index (κ2) is 3.68. The van der Waals surface area contributed by atoms with Crippen molar-refractivity contribution in [2.45, 2.75) is 12.3 Å². The molecule has 12 heavy (non-hydrogen) atoms. The number of halogens is 3. The van der Waals surface area contributed by atoms with E-state index in [1.807, 2.05) is 0 Å². The second-order valence-electron chi connectivity index (χ2n) is 2.32. The Morgan fingerprint density at radius 1 is 1.58 bits per heavy atom. The zero-order chi connectivity index (χ0) is 9.19. The Labute approximate surface area is 77.6 Å². The van der Waals surface area contributed by atoms with Gasteiger partial charge in [0.2, 0.25) is 0 Å². The maximum atomic E-state index is 13.0. The molecule has 0 saturated heterocycles. The molecule has 0 bridgehead atoms. The standard InChI is InChI=1S/C7H7ClF2OS/c8-6-3-5(4-12-6)7(9,10)1-2-11/h3-4,11H,1-2H2. The van der Waals surface area contributed by atoms with E-state index in [2.05, 4.69) is 0 Å². The molecule has 1 nitrogen and oxygen atoms in total. The van der Waals surface area contributed by atoms with E-state index in [1.54, 1.807) is 0 Å². The Morgan fingerprint density at radius 2 is 2.25 bits per heavy atom. The fourth-order valence-corrected chi connectivity index (χ4v) is 1.71. The quantitative estimate of drug-likeness (QED) is 0.817. The molecular formula is C7H7ClF2OS. The molecule has 0 amide bonds. The summed E-state index contributed by atoms with van der Waals surface area (Å²) in [6.45, 7) is -0.527. The molecular weight excluding hydrogens is 206 g/mol. The Hall–Kier alpha value is -0.190. The van der Waals surface area contributed by atoms with E-state index in [0.29, 0.717) is 4.34 Å². The number of aliphatic hydroxyl groups is 1. The highest BCUT2D eigenvalue weighted by Gasteiger charge is 2.31. The first-order valence-electron chi connectivity index (χ1n) is 3.29. The summed E-state index contributed by atoms with van der Waals surface area (Å²) in [7, 11) is 0. The first-order valence-corrected chi connectivity index (χ1v) is 4.55. The predicted molar refractivity (Wildman–Crippen MR) is 44.9 cm³/mol. The van der Waals surface area contributed by atoms with Crippen LogP contribution in [0, 0.1) is 0 Å². The maximum Gasteiger partial charge on any atom is 0.276 e. The monoisotopic (exact) mass is 212 g/mol. The molecule has 0 aromatic carbocycles. The van der Waals surface area contributed by atoms with Gasteiger partial charge in [0.1, 0.15) is 0 Å². The molecule has 68 valence electrons. The van der Waals surface area contributed by atoms with Crippen molar-refractivity contribution in [1.82, 2.24) is 0 Å². The first-order chi connectivity index (χ1) is 5.56. The van der Waals surface area contributed by atoms with Gasteiger partial charge in [-0.15, -0.1) is 11.3 Å². The summed E-state index contributed by atoms with van der Waals surface area (Å²) < 4.78 is 26.3. The summed E-state index contributed by atoms with van der Waals surface area (Å²) in [6.07, 6.45) is -0.555. The average Bonchev–Trinajstić information content (AvgIpc) is 2.36. The van der Waals surface area contributed by atoms with Crippen LogP contribution < -0.4 is 0 Å². The van der Waals surface area contributed by atoms with Crippen molar-refractivity contribution < 1.29 is 13.9 Å². The molecule has 0 aliphatic carbocycles. The van der Waals surface area contributed by atoms with Gasteiger partial charge in [0.25, 0.3) is 5.92 Å². The molecule has 1 heterocycles. The highest BCUT2D eigenvalue weighted by Crippen LogP contribution is 2.35. The lowest BCUT2D eigenvalue weighted by molar-refractivity contribution is -0.0265. The lowest BCUT2D eigenvalue weighted by atomic mass is 10.1. The third kappa shape index (κ3) is 2.15. The Bertz CT molecular complexity index is 262. The lowest BCUT2D eigenvalue weighted by Gasteiger charge is -2.12. The number of rotatable bonds is 3. The van der Waals surface area contributed by atoms with Crippen molar-refractivity contribution in [3.63, 3.8) is 0 Å². The third-order valence-corrected chi connectivity index (χ3v) is 2.51. The molecule has 1 rings (SSSR count). The van der Waals surface area contributed by atoms with Gasteiger partial charge in [0, 0.05) is 24.0 Å². The molecule has 0 atom stereocenters. The Morgan fingerprint density at radius 3 is 2.67 bits per heavy atom. The molecule has 0 radical (unpaired) electrons. The summed E-state index contributed by atoms with van der Waals surface area (Å²) in [6, 6.07) is 1.22. The van der Waals surface area contributed by atoms with Crippen molar-refractivity contribution in [3.8, 4) is 0 Å². The summed E-state index contributed by atoms with van der Waals surface area (Å²) >= 11 is 6.55. The van der Waals surface area contributed by atoms with E-state index < -0.39 is 19.0 Å². The van der Waals surface area contributed by atoms with Crippen molar-refractivity contribution >= 4 is 22.9 Å². The van der Waals surface area contributed by atoms with Gasteiger partial charge >= 0.3 is 0 Å². The van der Waals surface area contributed by atoms with Gasteiger partial charge in [-0.05, 0) is 6.07 Å². The number of alkyl halides is 2. The Kier molecular flexibility index (Phi) is 3.04. The number of hydrogen-bond acceptors (Lipinski definition) is 2. The van der Waals surface area contributed by atoms with Crippen molar-refractivity contribution in [2.24, 2.45) is 0 Å². The number of hydrogen-bond donors (Lipinski definition) is 1. The molecule has 0 unspecified atom stereocenters. The normalized spacial score (nSPS) is 12.0. The van der Waals surface area contributed by atoms with Crippen molar-refractivity contribution in [1.29, 1.82) is 0 Å². The minimum atomic E-state index is -2.96. The third-order valence-electron chi connectivity index (χ3n) is 1.42. The summed E-state index contributed by atoms with van der Waals surface area (Å²) in [4.78, 5) is 0. The largest absolute Gasteiger partial charge is 0.396 e. The summed E-state index contributed by atoms with van der Waals surface area (Å²) in [5, 5.41) is 9.66. The summed E-state index contributed by atoms with van der Waals surface area (Å²) in [5.74, 6) is -2.96. The van der Waals surface area contributed by atoms with Crippen LogP contribution in [0.2, 0.25) is 4.34 Å². The second-order valence-corrected chi connectivity index (χ2v) is 3.86. The van der Waals surface area contributed by atoms with E-state index in [9.17, 15) is 8.78 Å². The van der Waals surface area contributed by atoms with Crippen LogP contribution in [0.15, 0.2) is 11.4 Å². The van der Waals surface area contributed by atoms with E-state index in [-0.39, 0.29) is 5.56 Å². The molecule has 1 aromatic rings. The van der Waals surface area contributed by atoms with Crippen molar-refractivity contribution in [3.05, 3.63) is 21.3 Å². The van der Waals surface area contributed by atoms with Gasteiger partial charge in [-0.25, -0.2) is 8.78 Å². The van der Waals surface area contributed by atoms with Crippen LogP contribution >= 0.6 is 22.9 Å². The van der Waals surface area contributed by atoms with Gasteiger partial charge in [-0.3, -0.25) is 0 Å². The molecule has 0 spiro atoms. The number of aliphatic hydroxyl groups excluding tert-OH is 1. The van der Waals surface area contributed by atoms with Crippen LogP contribution in [0.4, 0.5) is 8.78 Å². The molecule has 0 aliphatic rings. The lowest BCUT2D eigenvalue weighted by Crippen LogP contribution is -2.13. The minimum absolute atomic E-state index is 0.119. The fraction of sp³-hybridized carbons (Fsp3) is 0.429. The highest BCUT2D eigenvalue weighted by molar-refractivity contribution is 7.14. The van der Waals surface area contributed by atoms with Gasteiger partial charge in [-0.2, -0.15) is 0 Å². The van der Waals surface area contributed by atoms with Crippen LogP contribution in [0.5, 0.6) is 0 Å².